The van der Waals surface area contributed by atoms with Crippen LogP contribution in [-0.2, 0) is 11.3 Å². The topological polar surface area (TPSA) is 47.6 Å². The molecule has 2 aromatic rings. The summed E-state index contributed by atoms with van der Waals surface area (Å²) >= 11 is 0. The van der Waals surface area contributed by atoms with Gasteiger partial charge >= 0.3 is 0 Å². The zero-order chi connectivity index (χ0) is 16.2. The van der Waals surface area contributed by atoms with E-state index < -0.39 is 0 Å². The molecule has 1 heterocycles. The van der Waals surface area contributed by atoms with Crippen molar-refractivity contribution in [2.45, 2.75) is 20.4 Å². The average molecular weight is 309 g/mol. The number of benzene rings is 2. The molecule has 118 valence electrons. The average Bonchev–Trinajstić information content (AvgIpc) is 2.99. The summed E-state index contributed by atoms with van der Waals surface area (Å²) in [5, 5.41) is 2.87. The maximum atomic E-state index is 11.9. The Balaban J connectivity index is 1.58. The van der Waals surface area contributed by atoms with Crippen molar-refractivity contribution in [3.63, 3.8) is 0 Å². The Morgan fingerprint density at radius 1 is 1.13 bits per heavy atom. The van der Waals surface area contributed by atoms with Crippen molar-refractivity contribution < 1.29 is 14.3 Å². The molecule has 4 heteroatoms. The van der Waals surface area contributed by atoms with Crippen LogP contribution < -0.4 is 14.8 Å². The summed E-state index contributed by atoms with van der Waals surface area (Å²) in [4.78, 5) is 11.9. The lowest BCUT2D eigenvalue weighted by Crippen LogP contribution is -2.20. The molecule has 0 bridgehead atoms. The van der Waals surface area contributed by atoms with Gasteiger partial charge in [-0.25, -0.2) is 0 Å². The molecule has 1 amide bonds. The van der Waals surface area contributed by atoms with Crippen LogP contribution in [0.2, 0.25) is 0 Å². The Kier molecular flexibility index (Phi) is 4.33. The number of hydrogen-bond acceptors (Lipinski definition) is 3. The Morgan fingerprint density at radius 3 is 2.78 bits per heavy atom. The molecule has 0 fully saturated rings. The van der Waals surface area contributed by atoms with Gasteiger partial charge in [0, 0.05) is 12.6 Å². The van der Waals surface area contributed by atoms with E-state index in [4.69, 9.17) is 9.47 Å². The number of aryl methyl sites for hydroxylation is 2. The first kappa shape index (κ1) is 15.2. The molecule has 1 aliphatic heterocycles. The fraction of sp³-hybridized carbons (Fsp3) is 0.211. The normalized spacial score (nSPS) is 12.6. The van der Waals surface area contributed by atoms with Crippen molar-refractivity contribution >= 4 is 12.0 Å². The molecule has 0 saturated heterocycles. The molecule has 23 heavy (non-hydrogen) atoms. The maximum Gasteiger partial charge on any atom is 0.244 e. The summed E-state index contributed by atoms with van der Waals surface area (Å²) < 4.78 is 10.6. The Bertz CT molecular complexity index is 765. The fourth-order valence-corrected chi connectivity index (χ4v) is 2.48. The monoisotopic (exact) mass is 309 g/mol. The van der Waals surface area contributed by atoms with Crippen molar-refractivity contribution in [3.8, 4) is 11.5 Å². The molecule has 0 radical (unpaired) electrons. The number of carbonyl (C=O) groups is 1. The SMILES string of the molecule is Cc1ccc(C=CC(=O)NCc2ccc3c(c2)OCO3)c(C)c1. The second-order valence-electron chi connectivity index (χ2n) is 5.60. The highest BCUT2D eigenvalue weighted by Gasteiger charge is 2.13. The summed E-state index contributed by atoms with van der Waals surface area (Å²) in [6.45, 7) is 4.80. The third-order valence-electron chi connectivity index (χ3n) is 3.74. The highest BCUT2D eigenvalue weighted by molar-refractivity contribution is 5.91. The summed E-state index contributed by atoms with van der Waals surface area (Å²) in [6, 6.07) is 11.8. The summed E-state index contributed by atoms with van der Waals surface area (Å²) in [7, 11) is 0. The van der Waals surface area contributed by atoms with Gasteiger partial charge in [0.1, 0.15) is 0 Å². The van der Waals surface area contributed by atoms with E-state index in [9.17, 15) is 4.79 Å². The lowest BCUT2D eigenvalue weighted by Gasteiger charge is -2.04. The number of amides is 1. The molecule has 0 unspecified atom stereocenters. The van der Waals surface area contributed by atoms with Crippen molar-refractivity contribution in [1.82, 2.24) is 5.32 Å². The van der Waals surface area contributed by atoms with E-state index in [-0.39, 0.29) is 12.7 Å². The predicted molar refractivity (Wildman–Crippen MR) is 89.4 cm³/mol. The van der Waals surface area contributed by atoms with Crippen molar-refractivity contribution in [2.75, 3.05) is 6.79 Å². The quantitative estimate of drug-likeness (QED) is 0.881. The van der Waals surface area contributed by atoms with Gasteiger partial charge in [-0.05, 0) is 48.7 Å². The first-order valence-corrected chi connectivity index (χ1v) is 7.53. The smallest absolute Gasteiger partial charge is 0.244 e. The molecule has 0 spiro atoms. The van der Waals surface area contributed by atoms with E-state index in [1.807, 2.05) is 43.3 Å². The molecule has 1 N–H and O–H groups in total. The largest absolute Gasteiger partial charge is 0.454 e. The van der Waals surface area contributed by atoms with E-state index in [2.05, 4.69) is 18.3 Å². The Morgan fingerprint density at radius 2 is 1.96 bits per heavy atom. The van der Waals surface area contributed by atoms with Gasteiger partial charge < -0.3 is 14.8 Å². The molecule has 0 saturated carbocycles. The van der Waals surface area contributed by atoms with Gasteiger partial charge in [0.05, 0.1) is 0 Å². The van der Waals surface area contributed by atoms with Crippen LogP contribution in [0.1, 0.15) is 22.3 Å². The fourth-order valence-electron chi connectivity index (χ4n) is 2.48. The number of nitrogens with one attached hydrogen (secondary N) is 1. The summed E-state index contributed by atoms with van der Waals surface area (Å²) in [6.07, 6.45) is 3.40. The molecule has 0 atom stereocenters. The van der Waals surface area contributed by atoms with Crippen LogP contribution in [0.5, 0.6) is 11.5 Å². The number of rotatable bonds is 4. The van der Waals surface area contributed by atoms with Crippen molar-refractivity contribution in [3.05, 3.63) is 64.7 Å². The van der Waals surface area contributed by atoms with Crippen LogP contribution >= 0.6 is 0 Å². The second-order valence-corrected chi connectivity index (χ2v) is 5.60. The number of fused-ring (bicyclic) bond motifs is 1. The van der Waals surface area contributed by atoms with E-state index in [0.717, 1.165) is 28.2 Å². The highest BCUT2D eigenvalue weighted by atomic mass is 16.7. The molecule has 4 nitrogen and oxygen atoms in total. The van der Waals surface area contributed by atoms with Gasteiger partial charge in [0.15, 0.2) is 11.5 Å². The van der Waals surface area contributed by atoms with E-state index >= 15 is 0 Å². The van der Waals surface area contributed by atoms with Gasteiger partial charge in [0.25, 0.3) is 0 Å². The van der Waals surface area contributed by atoms with E-state index in [0.29, 0.717) is 6.54 Å². The van der Waals surface area contributed by atoms with Crippen LogP contribution in [0.15, 0.2) is 42.5 Å². The molecular formula is C19H19NO3. The van der Waals surface area contributed by atoms with E-state index in [1.165, 1.54) is 5.56 Å². The zero-order valence-corrected chi connectivity index (χ0v) is 13.3. The summed E-state index contributed by atoms with van der Waals surface area (Å²) in [5.41, 5.74) is 4.40. The predicted octanol–water partition coefficient (Wildman–Crippen LogP) is 3.36. The Hall–Kier alpha value is -2.75. The van der Waals surface area contributed by atoms with Crippen LogP contribution in [0.3, 0.4) is 0 Å². The minimum absolute atomic E-state index is 0.123. The lowest BCUT2D eigenvalue weighted by molar-refractivity contribution is -0.116. The minimum atomic E-state index is -0.123. The minimum Gasteiger partial charge on any atom is -0.454 e. The second kappa shape index (κ2) is 6.57. The van der Waals surface area contributed by atoms with Gasteiger partial charge in [-0.1, -0.05) is 29.8 Å². The number of ether oxygens (including phenoxy) is 2. The van der Waals surface area contributed by atoms with E-state index in [1.54, 1.807) is 6.08 Å². The van der Waals surface area contributed by atoms with Gasteiger partial charge in [-0.15, -0.1) is 0 Å². The van der Waals surface area contributed by atoms with Crippen LogP contribution in [0, 0.1) is 13.8 Å². The van der Waals surface area contributed by atoms with Gasteiger partial charge in [-0.2, -0.15) is 0 Å². The summed E-state index contributed by atoms with van der Waals surface area (Å²) in [5.74, 6) is 1.35. The molecule has 1 aliphatic rings. The first-order valence-electron chi connectivity index (χ1n) is 7.53. The highest BCUT2D eigenvalue weighted by Crippen LogP contribution is 2.32. The lowest BCUT2D eigenvalue weighted by atomic mass is 10.1. The van der Waals surface area contributed by atoms with Crippen LogP contribution in [-0.4, -0.2) is 12.7 Å². The van der Waals surface area contributed by atoms with Crippen LogP contribution in [0.25, 0.3) is 6.08 Å². The molecule has 0 aromatic heterocycles. The molecule has 2 aromatic carbocycles. The van der Waals surface area contributed by atoms with Crippen molar-refractivity contribution in [1.29, 1.82) is 0 Å². The Labute approximate surface area is 135 Å². The van der Waals surface area contributed by atoms with Gasteiger partial charge in [0.2, 0.25) is 12.7 Å². The third kappa shape index (κ3) is 3.72. The van der Waals surface area contributed by atoms with Gasteiger partial charge in [-0.3, -0.25) is 4.79 Å². The molecule has 0 aliphatic carbocycles. The van der Waals surface area contributed by atoms with Crippen molar-refractivity contribution in [2.24, 2.45) is 0 Å². The standard InChI is InChI=1S/C19H19NO3/c1-13-3-5-16(14(2)9-13)6-8-19(21)20-11-15-4-7-17-18(10-15)23-12-22-17/h3-10H,11-12H2,1-2H3,(H,20,21). The molecular weight excluding hydrogens is 290 g/mol. The number of carbonyl (C=O) groups excluding carboxylic acids is 1. The number of hydrogen-bond donors (Lipinski definition) is 1. The first-order chi connectivity index (χ1) is 11.1. The van der Waals surface area contributed by atoms with Crippen LogP contribution in [0.4, 0.5) is 0 Å². The molecule has 3 rings (SSSR count). The zero-order valence-electron chi connectivity index (χ0n) is 13.3. The maximum absolute atomic E-state index is 11.9. The third-order valence-corrected chi connectivity index (χ3v) is 3.74.